The average Bonchev–Trinajstić information content (AvgIpc) is 2.98. The summed E-state index contributed by atoms with van der Waals surface area (Å²) in [6, 6.07) is 10.2. The fraction of sp³-hybridized carbons (Fsp3) is 0.333. The molecule has 2 heterocycles. The molecule has 3 rings (SSSR count). The van der Waals surface area contributed by atoms with Gasteiger partial charge in [-0.05, 0) is 24.3 Å². The molecule has 0 atom stereocenters. The van der Waals surface area contributed by atoms with Crippen molar-refractivity contribution in [2.24, 2.45) is 0 Å². The number of nitrogens with zero attached hydrogens (tertiary/aromatic N) is 2. The first-order chi connectivity index (χ1) is 11.7. The Morgan fingerprint density at radius 2 is 2.08 bits per heavy atom. The summed E-state index contributed by atoms with van der Waals surface area (Å²) in [6.45, 7) is 2.17. The first-order valence-corrected chi connectivity index (χ1v) is 8.30. The molecule has 0 aliphatic heterocycles. The lowest BCUT2D eigenvalue weighted by Crippen LogP contribution is -2.27. The Labute approximate surface area is 140 Å². The van der Waals surface area contributed by atoms with Crippen LogP contribution in [0.25, 0.3) is 16.4 Å². The Kier molecular flexibility index (Phi) is 4.96. The molecule has 6 heteroatoms. The third kappa shape index (κ3) is 3.19. The molecule has 1 amide bonds. The molecule has 0 saturated heterocycles. The van der Waals surface area contributed by atoms with E-state index in [1.165, 1.54) is 0 Å². The van der Waals surface area contributed by atoms with Crippen LogP contribution in [0.4, 0.5) is 5.82 Å². The molecule has 0 bridgehead atoms. The second-order valence-electron chi connectivity index (χ2n) is 5.85. The maximum atomic E-state index is 11.4. The van der Waals surface area contributed by atoms with Crippen molar-refractivity contribution >= 4 is 28.1 Å². The van der Waals surface area contributed by atoms with Gasteiger partial charge in [-0.15, -0.1) is 0 Å². The van der Waals surface area contributed by atoms with E-state index < -0.39 is 5.91 Å². The summed E-state index contributed by atoms with van der Waals surface area (Å²) in [6.07, 6.45) is 6.16. The van der Waals surface area contributed by atoms with Crippen molar-refractivity contribution in [3.8, 4) is 0 Å². The number of amides is 1. The molecule has 24 heavy (non-hydrogen) atoms. The number of hydrogen-bond donors (Lipinski definition) is 3. The van der Waals surface area contributed by atoms with Crippen molar-refractivity contribution in [2.45, 2.75) is 32.6 Å². The van der Waals surface area contributed by atoms with E-state index in [0.717, 1.165) is 53.6 Å². The molecular weight excluding hydrogens is 304 g/mol. The van der Waals surface area contributed by atoms with E-state index in [1.54, 1.807) is 5.48 Å². The van der Waals surface area contributed by atoms with Gasteiger partial charge in [-0.2, -0.15) is 0 Å². The number of pyridine rings is 1. The number of imidazole rings is 1. The minimum atomic E-state index is -0.481. The van der Waals surface area contributed by atoms with E-state index in [0.29, 0.717) is 0 Å². The predicted molar refractivity (Wildman–Crippen MR) is 94.3 cm³/mol. The highest BCUT2D eigenvalue weighted by Crippen LogP contribution is 2.26. The van der Waals surface area contributed by atoms with E-state index >= 15 is 0 Å². The maximum Gasteiger partial charge on any atom is 0.262 e. The number of carbonyl (C=O) groups excluding carboxylic acids is 1. The summed E-state index contributed by atoms with van der Waals surface area (Å²) in [5.41, 5.74) is 3.48. The molecule has 0 aliphatic rings. The van der Waals surface area contributed by atoms with E-state index in [-0.39, 0.29) is 6.54 Å². The smallest absolute Gasteiger partial charge is 0.262 e. The van der Waals surface area contributed by atoms with Gasteiger partial charge in [0.2, 0.25) is 0 Å². The highest BCUT2D eigenvalue weighted by molar-refractivity contribution is 5.95. The Hall–Kier alpha value is -2.60. The van der Waals surface area contributed by atoms with Gasteiger partial charge in [0.15, 0.2) is 0 Å². The Bertz CT molecular complexity index is 857. The number of aryl methyl sites for hydroxylation is 1. The maximum absolute atomic E-state index is 11.4. The second kappa shape index (κ2) is 7.31. The lowest BCUT2D eigenvalue weighted by atomic mass is 10.1. The van der Waals surface area contributed by atoms with Crippen molar-refractivity contribution < 1.29 is 10.0 Å². The van der Waals surface area contributed by atoms with Gasteiger partial charge in [0, 0.05) is 11.6 Å². The minimum Gasteiger partial charge on any atom is -0.360 e. The normalized spacial score (nSPS) is 11.1. The summed E-state index contributed by atoms with van der Waals surface area (Å²) >= 11 is 0. The first-order valence-electron chi connectivity index (χ1n) is 8.30. The number of hydrogen-bond acceptors (Lipinski definition) is 4. The zero-order chi connectivity index (χ0) is 16.9. The highest BCUT2D eigenvalue weighted by Gasteiger charge is 2.14. The van der Waals surface area contributed by atoms with Gasteiger partial charge in [-0.3, -0.25) is 14.4 Å². The second-order valence-corrected chi connectivity index (χ2v) is 5.85. The number of fused-ring (bicyclic) bond motifs is 3. The number of hydroxylamine groups is 1. The molecule has 1 aromatic carbocycles. The summed E-state index contributed by atoms with van der Waals surface area (Å²) < 4.78 is 1.98. The number of rotatable bonds is 7. The molecular formula is C18H22N4O2. The van der Waals surface area contributed by atoms with E-state index in [2.05, 4.69) is 24.4 Å². The number of anilines is 1. The first kappa shape index (κ1) is 16.3. The molecule has 2 aromatic heterocycles. The van der Waals surface area contributed by atoms with Gasteiger partial charge in [0.05, 0.1) is 12.2 Å². The number of nitrogens with one attached hydrogen (secondary N) is 2. The van der Waals surface area contributed by atoms with Gasteiger partial charge in [-0.25, -0.2) is 10.5 Å². The van der Waals surface area contributed by atoms with Crippen LogP contribution in [0.5, 0.6) is 0 Å². The lowest BCUT2D eigenvalue weighted by Gasteiger charge is -2.08. The molecule has 0 radical (unpaired) electrons. The molecule has 0 fully saturated rings. The third-order valence-electron chi connectivity index (χ3n) is 4.15. The number of benzene rings is 1. The molecule has 3 aromatic rings. The predicted octanol–water partition coefficient (Wildman–Crippen LogP) is 3.14. The van der Waals surface area contributed by atoms with E-state index in [1.807, 2.05) is 28.8 Å². The fourth-order valence-electron chi connectivity index (χ4n) is 2.92. The van der Waals surface area contributed by atoms with E-state index in [9.17, 15) is 4.79 Å². The highest BCUT2D eigenvalue weighted by atomic mass is 16.5. The van der Waals surface area contributed by atoms with Crippen LogP contribution in [0.1, 0.15) is 31.9 Å². The average molecular weight is 326 g/mol. The SMILES string of the molecule is CCCCCc1nc2c3ccccc3ccn2c1NCC(=O)NO. The topological polar surface area (TPSA) is 78.7 Å². The monoisotopic (exact) mass is 326 g/mol. The van der Waals surface area contributed by atoms with Gasteiger partial charge in [0.1, 0.15) is 11.5 Å². The number of carbonyl (C=O) groups is 1. The minimum absolute atomic E-state index is 0.00209. The van der Waals surface area contributed by atoms with Crippen LogP contribution in [0.15, 0.2) is 36.5 Å². The van der Waals surface area contributed by atoms with Crippen LogP contribution in [-0.4, -0.2) is 27.0 Å². The summed E-state index contributed by atoms with van der Waals surface area (Å²) in [5.74, 6) is 0.334. The van der Waals surface area contributed by atoms with Crippen LogP contribution in [-0.2, 0) is 11.2 Å². The number of aromatic nitrogens is 2. The lowest BCUT2D eigenvalue weighted by molar-refractivity contribution is -0.127. The molecule has 6 nitrogen and oxygen atoms in total. The zero-order valence-electron chi connectivity index (χ0n) is 13.7. The van der Waals surface area contributed by atoms with Gasteiger partial charge in [0.25, 0.3) is 5.91 Å². The molecule has 0 aliphatic carbocycles. The molecule has 3 N–H and O–H groups in total. The van der Waals surface area contributed by atoms with Crippen LogP contribution < -0.4 is 10.8 Å². The fourth-order valence-corrected chi connectivity index (χ4v) is 2.92. The Morgan fingerprint density at radius 3 is 2.88 bits per heavy atom. The summed E-state index contributed by atoms with van der Waals surface area (Å²) in [7, 11) is 0. The van der Waals surface area contributed by atoms with Crippen molar-refractivity contribution in [1.29, 1.82) is 0 Å². The zero-order valence-corrected chi connectivity index (χ0v) is 13.7. The molecule has 126 valence electrons. The third-order valence-corrected chi connectivity index (χ3v) is 4.15. The van der Waals surface area contributed by atoms with Crippen molar-refractivity contribution in [3.63, 3.8) is 0 Å². The van der Waals surface area contributed by atoms with Crippen molar-refractivity contribution in [2.75, 3.05) is 11.9 Å². The van der Waals surface area contributed by atoms with Crippen molar-refractivity contribution in [3.05, 3.63) is 42.2 Å². The number of unbranched alkanes of at least 4 members (excludes halogenated alkanes) is 2. The Morgan fingerprint density at radius 1 is 1.25 bits per heavy atom. The molecule has 0 unspecified atom stereocenters. The summed E-state index contributed by atoms with van der Waals surface area (Å²) in [5, 5.41) is 14.0. The van der Waals surface area contributed by atoms with E-state index in [4.69, 9.17) is 10.2 Å². The van der Waals surface area contributed by atoms with Gasteiger partial charge < -0.3 is 5.32 Å². The molecule has 0 saturated carbocycles. The Balaban J connectivity index is 2.04. The molecule has 0 spiro atoms. The summed E-state index contributed by atoms with van der Waals surface area (Å²) in [4.78, 5) is 16.2. The quantitative estimate of drug-likeness (QED) is 0.354. The standard InChI is InChI=1S/C18H22N4O2/c1-2-3-4-9-15-18(19-12-16(23)21-24)22-11-10-13-7-5-6-8-14(13)17(22)20-15/h5-8,10-11,19,24H,2-4,9,12H2,1H3,(H,21,23). The van der Waals surface area contributed by atoms with Crippen LogP contribution in [0, 0.1) is 0 Å². The van der Waals surface area contributed by atoms with Gasteiger partial charge >= 0.3 is 0 Å². The largest absolute Gasteiger partial charge is 0.360 e. The van der Waals surface area contributed by atoms with Crippen LogP contribution >= 0.6 is 0 Å². The van der Waals surface area contributed by atoms with Crippen LogP contribution in [0.2, 0.25) is 0 Å². The van der Waals surface area contributed by atoms with Crippen molar-refractivity contribution in [1.82, 2.24) is 14.9 Å². The van der Waals surface area contributed by atoms with Gasteiger partial charge in [-0.1, -0.05) is 44.0 Å². The van der Waals surface area contributed by atoms with Crippen LogP contribution in [0.3, 0.4) is 0 Å².